The molecule has 272 valence electrons. The van der Waals surface area contributed by atoms with Crippen LogP contribution in [0.4, 0.5) is 27.6 Å². The molecule has 0 aromatic heterocycles. The largest absolute Gasteiger partial charge is 0.508 e. The molecule has 0 bridgehead atoms. The summed E-state index contributed by atoms with van der Waals surface area (Å²) >= 11 is 17.6. The SMILES string of the molecule is COc1cc(Br)cc([C@H]2C3=CC[C@@H]4C(=O)N(CCc5ccc(O)cc5)C(=O)[C@@H]4[C@@H]3C[C@@]3(Cl)C(=O)N(c4c(F)c(F)c(F)c(F)c4F)C(=O)[C@@]23Cl)c1O. The molecule has 17 heteroatoms. The monoisotopic (exact) mass is 828 g/mol. The van der Waals surface area contributed by atoms with Gasteiger partial charge in [0.1, 0.15) is 11.4 Å². The summed E-state index contributed by atoms with van der Waals surface area (Å²) in [6, 6.07) is 8.79. The predicted molar refractivity (Wildman–Crippen MR) is 177 cm³/mol. The molecular formula is C35H24BrCl2F5N2O7. The third-order valence-electron chi connectivity index (χ3n) is 10.5. The molecule has 3 fully saturated rings. The second kappa shape index (κ2) is 12.4. The Bertz CT molecular complexity index is 2130. The fourth-order valence-corrected chi connectivity index (χ4v) is 9.45. The van der Waals surface area contributed by atoms with Crippen LogP contribution >= 0.6 is 39.1 Å². The van der Waals surface area contributed by atoms with Gasteiger partial charge in [-0.1, -0.05) is 39.7 Å². The molecule has 1 saturated carbocycles. The van der Waals surface area contributed by atoms with Crippen molar-refractivity contribution in [2.75, 3.05) is 18.6 Å². The highest BCUT2D eigenvalue weighted by Gasteiger charge is 2.77. The minimum Gasteiger partial charge on any atom is -0.508 e. The van der Waals surface area contributed by atoms with Gasteiger partial charge in [0.25, 0.3) is 11.8 Å². The first-order chi connectivity index (χ1) is 24.5. The lowest BCUT2D eigenvalue weighted by Crippen LogP contribution is -2.60. The Kier molecular flexibility index (Phi) is 8.65. The minimum absolute atomic E-state index is 0.0201. The average molecular weight is 830 g/mol. The Morgan fingerprint density at radius 1 is 0.885 bits per heavy atom. The third-order valence-corrected chi connectivity index (χ3v) is 12.3. The van der Waals surface area contributed by atoms with E-state index in [2.05, 4.69) is 15.9 Å². The van der Waals surface area contributed by atoms with Crippen LogP contribution in [-0.2, 0) is 25.6 Å². The smallest absolute Gasteiger partial charge is 0.258 e. The number of fused-ring (bicyclic) bond motifs is 4. The molecule has 6 atom stereocenters. The van der Waals surface area contributed by atoms with Crippen molar-refractivity contribution in [1.82, 2.24) is 4.90 Å². The van der Waals surface area contributed by atoms with E-state index < -0.39 is 104 Å². The molecule has 3 aromatic rings. The Morgan fingerprint density at radius 3 is 2.12 bits per heavy atom. The lowest BCUT2D eigenvalue weighted by atomic mass is 9.56. The zero-order chi connectivity index (χ0) is 37.8. The number of hydrogen-bond acceptors (Lipinski definition) is 7. The molecule has 7 rings (SSSR count). The minimum atomic E-state index is -2.81. The van der Waals surface area contributed by atoms with Gasteiger partial charge in [0.05, 0.1) is 18.9 Å². The van der Waals surface area contributed by atoms with E-state index in [1.807, 2.05) is 0 Å². The number of likely N-dealkylation sites (tertiary alicyclic amines) is 1. The van der Waals surface area contributed by atoms with Crippen molar-refractivity contribution < 1.29 is 56.1 Å². The predicted octanol–water partition coefficient (Wildman–Crippen LogP) is 6.37. The fourth-order valence-electron chi connectivity index (χ4n) is 8.07. The summed E-state index contributed by atoms with van der Waals surface area (Å²) in [5.41, 5.74) is -1.22. The number of amides is 4. The van der Waals surface area contributed by atoms with Crippen LogP contribution in [0.2, 0.25) is 0 Å². The first-order valence-corrected chi connectivity index (χ1v) is 17.2. The molecule has 0 spiro atoms. The Labute approximate surface area is 309 Å². The summed E-state index contributed by atoms with van der Waals surface area (Å²) in [7, 11) is 1.21. The van der Waals surface area contributed by atoms with Gasteiger partial charge in [-0.25, -0.2) is 26.9 Å². The molecule has 4 amide bonds. The molecule has 52 heavy (non-hydrogen) atoms. The highest BCUT2D eigenvalue weighted by molar-refractivity contribution is 9.10. The number of benzene rings is 3. The standard InChI is InChI=1S/C35H24BrCl2F5N2O7/c1-52-20-11-14(36)10-18(29(20)47)22-16-6-7-17-21(31(49)44(30(17)48)9-8-13-2-4-15(46)5-3-13)19(16)12-34(37)32(50)45(33(51)35(22,34)38)28-26(42)24(40)23(39)25(41)27(28)43/h2-6,10-11,17,19,21-22,46-47H,7-9,12H2,1H3/t17-,19+,21-,22+,34+,35-/m0/s1. The summed E-state index contributed by atoms with van der Waals surface area (Å²) < 4.78 is 79.1. The maximum absolute atomic E-state index is 15.3. The summed E-state index contributed by atoms with van der Waals surface area (Å²) in [6.07, 6.45) is 1.00. The molecule has 4 aliphatic rings. The molecule has 0 unspecified atom stereocenters. The van der Waals surface area contributed by atoms with Gasteiger partial charge in [-0.05, 0) is 55.0 Å². The van der Waals surface area contributed by atoms with Crippen molar-refractivity contribution in [2.24, 2.45) is 17.8 Å². The van der Waals surface area contributed by atoms with E-state index in [9.17, 15) is 42.6 Å². The number of hydrogen-bond donors (Lipinski definition) is 2. The lowest BCUT2D eigenvalue weighted by Gasteiger charge is -2.50. The summed E-state index contributed by atoms with van der Waals surface area (Å²) in [4.78, 5) is 51.9. The zero-order valence-electron chi connectivity index (χ0n) is 26.5. The molecule has 2 heterocycles. The van der Waals surface area contributed by atoms with E-state index in [1.54, 1.807) is 12.1 Å². The van der Waals surface area contributed by atoms with E-state index in [1.165, 1.54) is 37.5 Å². The Morgan fingerprint density at radius 2 is 1.50 bits per heavy atom. The van der Waals surface area contributed by atoms with Crippen molar-refractivity contribution in [3.63, 3.8) is 0 Å². The summed E-state index contributed by atoms with van der Waals surface area (Å²) in [6.45, 7) is -0.0541. The molecule has 0 radical (unpaired) electrons. The summed E-state index contributed by atoms with van der Waals surface area (Å²) in [5, 5.41) is 21.0. The van der Waals surface area contributed by atoms with E-state index >= 15 is 8.78 Å². The van der Waals surface area contributed by atoms with Crippen molar-refractivity contribution in [3.8, 4) is 17.2 Å². The number of imide groups is 2. The quantitative estimate of drug-likeness (QED) is 0.0740. The number of allylic oxidation sites excluding steroid dienone is 2. The Hall–Kier alpha value is -4.21. The van der Waals surface area contributed by atoms with Gasteiger partial charge in [-0.15, -0.1) is 23.2 Å². The van der Waals surface area contributed by atoms with Gasteiger partial charge in [0.15, 0.2) is 44.5 Å². The van der Waals surface area contributed by atoms with Crippen LogP contribution in [0.25, 0.3) is 0 Å². The van der Waals surface area contributed by atoms with Crippen LogP contribution in [0, 0.1) is 46.8 Å². The second-order valence-corrected chi connectivity index (χ2v) is 15.1. The van der Waals surface area contributed by atoms with Gasteiger partial charge in [0.2, 0.25) is 17.6 Å². The zero-order valence-corrected chi connectivity index (χ0v) is 29.6. The molecule has 2 N–H and O–H groups in total. The van der Waals surface area contributed by atoms with E-state index in [0.29, 0.717) is 5.56 Å². The van der Waals surface area contributed by atoms with Crippen molar-refractivity contribution in [3.05, 3.63) is 92.7 Å². The number of phenolic OH excluding ortho intramolecular Hbond substituents is 2. The number of halogens is 8. The van der Waals surface area contributed by atoms with Crippen molar-refractivity contribution in [1.29, 1.82) is 0 Å². The number of nitrogens with zero attached hydrogens (tertiary/aromatic N) is 2. The molecular weight excluding hydrogens is 806 g/mol. The maximum Gasteiger partial charge on any atom is 0.258 e. The highest BCUT2D eigenvalue weighted by atomic mass is 79.9. The third kappa shape index (κ3) is 4.84. The number of aromatic hydroxyl groups is 2. The number of alkyl halides is 2. The second-order valence-electron chi connectivity index (χ2n) is 13.0. The van der Waals surface area contributed by atoms with Crippen LogP contribution in [0.1, 0.15) is 29.9 Å². The number of methoxy groups -OCH3 is 1. The van der Waals surface area contributed by atoms with Crippen LogP contribution in [0.5, 0.6) is 17.2 Å². The maximum atomic E-state index is 15.3. The average Bonchev–Trinajstić information content (AvgIpc) is 3.44. The van der Waals surface area contributed by atoms with Crippen molar-refractivity contribution in [2.45, 2.75) is 34.9 Å². The normalized spacial score (nSPS) is 28.2. The number of carbonyl (C=O) groups excluding carboxylic acids is 4. The number of carbonyl (C=O) groups is 4. The van der Waals surface area contributed by atoms with Gasteiger partial charge in [-0.2, -0.15) is 0 Å². The lowest BCUT2D eigenvalue weighted by molar-refractivity contribution is -0.140. The van der Waals surface area contributed by atoms with Gasteiger partial charge in [0, 0.05) is 22.5 Å². The molecule has 9 nitrogen and oxygen atoms in total. The van der Waals surface area contributed by atoms with E-state index in [-0.39, 0.29) is 51.4 Å². The van der Waals surface area contributed by atoms with Crippen molar-refractivity contribution >= 4 is 68.4 Å². The molecule has 2 saturated heterocycles. The summed E-state index contributed by atoms with van der Waals surface area (Å²) in [5.74, 6) is -22.6. The fraction of sp³-hybridized carbons (Fsp3) is 0.314. The number of rotatable bonds is 6. The number of phenols is 2. The highest BCUT2D eigenvalue weighted by Crippen LogP contribution is 2.67. The van der Waals surface area contributed by atoms with E-state index in [0.717, 1.165) is 4.90 Å². The number of anilines is 1. The van der Waals surface area contributed by atoms with Gasteiger partial charge in [-0.3, -0.25) is 24.1 Å². The van der Waals surface area contributed by atoms with Crippen LogP contribution in [-0.4, -0.2) is 62.1 Å². The molecule has 2 aliphatic carbocycles. The first kappa shape index (κ1) is 36.2. The number of ether oxygens (including phenoxy) is 1. The topological polar surface area (TPSA) is 124 Å². The van der Waals surface area contributed by atoms with Gasteiger partial charge < -0.3 is 14.9 Å². The Balaban J connectivity index is 1.39. The van der Waals surface area contributed by atoms with E-state index in [4.69, 9.17) is 27.9 Å². The van der Waals surface area contributed by atoms with Crippen LogP contribution < -0.4 is 9.64 Å². The molecule has 3 aromatic carbocycles. The van der Waals surface area contributed by atoms with Crippen LogP contribution in [0.15, 0.2) is 52.5 Å². The van der Waals surface area contributed by atoms with Gasteiger partial charge >= 0.3 is 0 Å². The molecule has 2 aliphatic heterocycles. The van der Waals surface area contributed by atoms with Crippen LogP contribution in [0.3, 0.4) is 0 Å². The first-order valence-electron chi connectivity index (χ1n) is 15.7.